The second-order valence-electron chi connectivity index (χ2n) is 6.98. The number of hydrogen-bond acceptors (Lipinski definition) is 7. The molecule has 0 aromatic carbocycles. The van der Waals surface area contributed by atoms with Gasteiger partial charge in [0.15, 0.2) is 0 Å². The van der Waals surface area contributed by atoms with Gasteiger partial charge in [-0.15, -0.1) is 11.3 Å². The van der Waals surface area contributed by atoms with Gasteiger partial charge in [0.25, 0.3) is 0 Å². The molecular weight excluding hydrogens is 378 g/mol. The van der Waals surface area contributed by atoms with E-state index in [0.717, 1.165) is 40.9 Å². The van der Waals surface area contributed by atoms with Crippen LogP contribution in [0.25, 0.3) is 10.2 Å². The fraction of sp³-hybridized carbons (Fsp3) is 0.526. The summed E-state index contributed by atoms with van der Waals surface area (Å²) in [7, 11) is 0. The zero-order valence-corrected chi connectivity index (χ0v) is 16.9. The number of carboxylic acids is 1. The second-order valence-corrected chi connectivity index (χ2v) is 7.98. The van der Waals surface area contributed by atoms with E-state index in [1.54, 1.807) is 0 Å². The number of aromatic carboxylic acids is 1. The van der Waals surface area contributed by atoms with E-state index in [1.807, 2.05) is 11.0 Å². The van der Waals surface area contributed by atoms with Crippen molar-refractivity contribution in [3.05, 3.63) is 16.5 Å². The lowest BCUT2D eigenvalue weighted by Gasteiger charge is -2.35. The number of carbonyl (C=O) groups is 2. The summed E-state index contributed by atoms with van der Waals surface area (Å²) in [4.78, 5) is 33.2. The topological polar surface area (TPSA) is 126 Å². The van der Waals surface area contributed by atoms with Crippen LogP contribution in [0.15, 0.2) is 6.07 Å². The quantitative estimate of drug-likeness (QED) is 0.642. The number of pyridine rings is 1. The van der Waals surface area contributed by atoms with Gasteiger partial charge >= 0.3 is 5.97 Å². The van der Waals surface area contributed by atoms with E-state index in [0.29, 0.717) is 56.1 Å². The number of aryl methyl sites for hydroxylation is 1. The van der Waals surface area contributed by atoms with Gasteiger partial charge in [0.1, 0.15) is 15.5 Å². The molecule has 28 heavy (non-hydrogen) atoms. The number of carbonyl (C=O) groups excluding carboxylic acids is 1. The van der Waals surface area contributed by atoms with E-state index in [-0.39, 0.29) is 10.8 Å². The molecule has 0 spiro atoms. The maximum atomic E-state index is 12.2. The molecule has 1 aliphatic rings. The van der Waals surface area contributed by atoms with Gasteiger partial charge in [-0.1, -0.05) is 13.3 Å². The molecule has 9 heteroatoms. The SMILES string of the molecule is CCCc1cc(N2CCN(C(=O)CCCN)CC2)nc2sc(C(=O)O)c(N)c12. The molecule has 152 valence electrons. The van der Waals surface area contributed by atoms with Crippen molar-refractivity contribution in [2.75, 3.05) is 43.4 Å². The summed E-state index contributed by atoms with van der Waals surface area (Å²) >= 11 is 1.13. The molecule has 2 aromatic rings. The molecule has 0 aliphatic carbocycles. The minimum atomic E-state index is -1.02. The van der Waals surface area contributed by atoms with Crippen molar-refractivity contribution in [3.63, 3.8) is 0 Å². The average Bonchev–Trinajstić information content (AvgIpc) is 3.03. The number of nitrogens with zero attached hydrogens (tertiary/aromatic N) is 3. The number of thiophene rings is 1. The molecular formula is C19H27N5O3S. The maximum Gasteiger partial charge on any atom is 0.348 e. The van der Waals surface area contributed by atoms with Crippen LogP contribution in [0, 0.1) is 0 Å². The van der Waals surface area contributed by atoms with Gasteiger partial charge in [-0.2, -0.15) is 0 Å². The first-order valence-electron chi connectivity index (χ1n) is 9.64. The number of carboxylic acid groups (broad SMARTS) is 1. The molecule has 1 aliphatic heterocycles. The first-order chi connectivity index (χ1) is 13.5. The molecule has 0 unspecified atom stereocenters. The van der Waals surface area contributed by atoms with Gasteiger partial charge in [0, 0.05) is 38.0 Å². The number of piperazine rings is 1. The largest absolute Gasteiger partial charge is 0.477 e. The molecule has 0 atom stereocenters. The predicted octanol–water partition coefficient (Wildman–Crippen LogP) is 1.92. The lowest BCUT2D eigenvalue weighted by Crippen LogP contribution is -2.49. The second kappa shape index (κ2) is 8.74. The number of nitrogens with two attached hydrogens (primary N) is 2. The van der Waals surface area contributed by atoms with Crippen molar-refractivity contribution in [2.45, 2.75) is 32.6 Å². The lowest BCUT2D eigenvalue weighted by molar-refractivity contribution is -0.131. The summed E-state index contributed by atoms with van der Waals surface area (Å²) in [5.41, 5.74) is 12.9. The average molecular weight is 406 g/mol. The van der Waals surface area contributed by atoms with Gasteiger partial charge in [-0.3, -0.25) is 4.79 Å². The number of rotatable bonds is 7. The Morgan fingerprint density at radius 1 is 1.29 bits per heavy atom. The first-order valence-corrected chi connectivity index (χ1v) is 10.5. The molecule has 5 N–H and O–H groups in total. The van der Waals surface area contributed by atoms with Crippen molar-refractivity contribution < 1.29 is 14.7 Å². The van der Waals surface area contributed by atoms with Gasteiger partial charge in [-0.25, -0.2) is 9.78 Å². The van der Waals surface area contributed by atoms with Gasteiger partial charge in [-0.05, 0) is 31.0 Å². The van der Waals surface area contributed by atoms with Crippen LogP contribution in [0.3, 0.4) is 0 Å². The summed E-state index contributed by atoms with van der Waals surface area (Å²) in [6.45, 7) is 5.31. The highest BCUT2D eigenvalue weighted by Gasteiger charge is 2.24. The Morgan fingerprint density at radius 3 is 2.61 bits per heavy atom. The Balaban J connectivity index is 1.84. The van der Waals surface area contributed by atoms with Crippen LogP contribution in [-0.4, -0.2) is 59.6 Å². The predicted molar refractivity (Wildman–Crippen MR) is 112 cm³/mol. The van der Waals surface area contributed by atoms with Crippen molar-refractivity contribution in [1.82, 2.24) is 9.88 Å². The Hall–Kier alpha value is -2.39. The zero-order valence-electron chi connectivity index (χ0n) is 16.1. The van der Waals surface area contributed by atoms with E-state index in [2.05, 4.69) is 11.8 Å². The van der Waals surface area contributed by atoms with Gasteiger partial charge < -0.3 is 26.4 Å². The third-order valence-electron chi connectivity index (χ3n) is 5.03. The molecule has 1 amide bonds. The Kier molecular flexibility index (Phi) is 6.35. The highest BCUT2D eigenvalue weighted by molar-refractivity contribution is 7.21. The van der Waals surface area contributed by atoms with Crippen LogP contribution in [0.1, 0.15) is 41.4 Å². The summed E-state index contributed by atoms with van der Waals surface area (Å²) in [6, 6.07) is 2.02. The fourth-order valence-corrected chi connectivity index (χ4v) is 4.54. The Morgan fingerprint density at radius 2 is 2.00 bits per heavy atom. The number of hydrogen-bond donors (Lipinski definition) is 3. The van der Waals surface area contributed by atoms with E-state index >= 15 is 0 Å². The van der Waals surface area contributed by atoms with E-state index in [4.69, 9.17) is 16.5 Å². The van der Waals surface area contributed by atoms with E-state index < -0.39 is 5.97 Å². The first kappa shape index (κ1) is 20.3. The lowest BCUT2D eigenvalue weighted by atomic mass is 10.1. The molecule has 8 nitrogen and oxygen atoms in total. The van der Waals surface area contributed by atoms with Crippen LogP contribution in [0.2, 0.25) is 0 Å². The standard InChI is InChI=1S/C19H27N5O3S/c1-2-4-12-11-13(22-18-15(12)16(21)17(28-18)19(26)27)23-7-9-24(10-8-23)14(25)5-3-6-20/h11H,2-10,20-21H2,1H3,(H,26,27). The van der Waals surface area contributed by atoms with E-state index in [1.165, 1.54) is 0 Å². The normalized spacial score (nSPS) is 14.6. The zero-order chi connectivity index (χ0) is 20.3. The third kappa shape index (κ3) is 4.05. The monoisotopic (exact) mass is 405 g/mol. The number of anilines is 2. The summed E-state index contributed by atoms with van der Waals surface area (Å²) in [5.74, 6) is -0.0467. The van der Waals surface area contributed by atoms with Crippen LogP contribution in [-0.2, 0) is 11.2 Å². The highest BCUT2D eigenvalue weighted by atomic mass is 32.1. The van der Waals surface area contributed by atoms with Crippen LogP contribution in [0.5, 0.6) is 0 Å². The van der Waals surface area contributed by atoms with Crippen molar-refractivity contribution in [3.8, 4) is 0 Å². The Labute approximate surface area is 168 Å². The molecule has 0 bridgehead atoms. The minimum Gasteiger partial charge on any atom is -0.477 e. The molecule has 1 fully saturated rings. The highest BCUT2D eigenvalue weighted by Crippen LogP contribution is 2.37. The smallest absolute Gasteiger partial charge is 0.348 e. The van der Waals surface area contributed by atoms with Gasteiger partial charge in [0.05, 0.1) is 5.69 Å². The van der Waals surface area contributed by atoms with Crippen LogP contribution >= 0.6 is 11.3 Å². The molecule has 0 saturated carbocycles. The fourth-order valence-electron chi connectivity index (χ4n) is 3.57. The minimum absolute atomic E-state index is 0.146. The number of fused-ring (bicyclic) bond motifs is 1. The van der Waals surface area contributed by atoms with Gasteiger partial charge in [0.2, 0.25) is 5.91 Å². The number of amides is 1. The van der Waals surface area contributed by atoms with Crippen molar-refractivity contribution in [1.29, 1.82) is 0 Å². The number of nitrogen functional groups attached to an aromatic ring is 1. The molecule has 0 radical (unpaired) electrons. The summed E-state index contributed by atoms with van der Waals surface area (Å²) in [6.07, 6.45) is 2.94. The molecule has 1 saturated heterocycles. The maximum absolute atomic E-state index is 12.2. The van der Waals surface area contributed by atoms with Crippen LogP contribution in [0.4, 0.5) is 11.5 Å². The van der Waals surface area contributed by atoms with Crippen LogP contribution < -0.4 is 16.4 Å². The number of aromatic nitrogens is 1. The molecule has 3 rings (SSSR count). The molecule has 3 heterocycles. The molecule has 2 aromatic heterocycles. The summed E-state index contributed by atoms with van der Waals surface area (Å²) in [5, 5.41) is 10.2. The Bertz CT molecular complexity index is 874. The van der Waals surface area contributed by atoms with Crippen molar-refractivity contribution in [2.24, 2.45) is 5.73 Å². The van der Waals surface area contributed by atoms with Crippen molar-refractivity contribution >= 4 is 44.9 Å². The summed E-state index contributed by atoms with van der Waals surface area (Å²) < 4.78 is 0. The van der Waals surface area contributed by atoms with E-state index in [9.17, 15) is 14.7 Å². The third-order valence-corrected chi connectivity index (χ3v) is 6.12.